The summed E-state index contributed by atoms with van der Waals surface area (Å²) in [6, 6.07) is 10.8. The minimum atomic E-state index is -0.342. The lowest BCUT2D eigenvalue weighted by molar-refractivity contribution is 0.0821. The minimum absolute atomic E-state index is 0.230. The van der Waals surface area contributed by atoms with E-state index < -0.39 is 0 Å². The van der Waals surface area contributed by atoms with Gasteiger partial charge in [0.2, 0.25) is 0 Å². The summed E-state index contributed by atoms with van der Waals surface area (Å²) in [7, 11) is 0. The van der Waals surface area contributed by atoms with Gasteiger partial charge in [0, 0.05) is 24.5 Å². The highest BCUT2D eigenvalue weighted by molar-refractivity contribution is 6.07. The van der Waals surface area contributed by atoms with E-state index in [9.17, 15) is 9.59 Å². The summed E-state index contributed by atoms with van der Waals surface area (Å²) in [4.78, 5) is 29.4. The highest BCUT2D eigenvalue weighted by Gasteiger charge is 2.31. The predicted molar refractivity (Wildman–Crippen MR) is 77.7 cm³/mol. The van der Waals surface area contributed by atoms with Crippen molar-refractivity contribution in [1.82, 2.24) is 15.2 Å². The number of carbonyl (C=O) groups is 2. The van der Waals surface area contributed by atoms with Gasteiger partial charge in [-0.25, -0.2) is 4.79 Å². The molecule has 0 spiro atoms. The van der Waals surface area contributed by atoms with Crippen LogP contribution in [-0.2, 0) is 13.0 Å². The summed E-state index contributed by atoms with van der Waals surface area (Å²) in [5.41, 5.74) is 2.61. The van der Waals surface area contributed by atoms with E-state index in [4.69, 9.17) is 0 Å². The van der Waals surface area contributed by atoms with Crippen molar-refractivity contribution in [2.24, 2.45) is 0 Å². The first-order chi connectivity index (χ1) is 10.3. The Morgan fingerprint density at radius 3 is 2.71 bits per heavy atom. The molecule has 0 radical (unpaired) electrons. The SMILES string of the molecule is O=C(NCCc1ccncc1)N1Cc2ccccc2C1=O. The quantitative estimate of drug-likeness (QED) is 0.936. The van der Waals surface area contributed by atoms with Crippen LogP contribution in [0.2, 0.25) is 0 Å². The smallest absolute Gasteiger partial charge is 0.324 e. The molecule has 106 valence electrons. The molecule has 1 N–H and O–H groups in total. The second-order valence-corrected chi connectivity index (χ2v) is 4.89. The molecule has 21 heavy (non-hydrogen) atoms. The molecule has 3 rings (SSSR count). The largest absolute Gasteiger partial charge is 0.337 e. The van der Waals surface area contributed by atoms with E-state index in [0.29, 0.717) is 25.1 Å². The van der Waals surface area contributed by atoms with Crippen LogP contribution in [0.1, 0.15) is 21.5 Å². The van der Waals surface area contributed by atoms with Gasteiger partial charge in [0.1, 0.15) is 0 Å². The van der Waals surface area contributed by atoms with Gasteiger partial charge in [0.25, 0.3) is 5.91 Å². The van der Waals surface area contributed by atoms with Crippen LogP contribution < -0.4 is 5.32 Å². The van der Waals surface area contributed by atoms with Gasteiger partial charge in [-0.3, -0.25) is 14.7 Å². The van der Waals surface area contributed by atoms with Crippen molar-refractivity contribution in [3.05, 3.63) is 65.5 Å². The Hall–Kier alpha value is -2.69. The molecule has 5 heteroatoms. The predicted octanol–water partition coefficient (Wildman–Crippen LogP) is 1.99. The van der Waals surface area contributed by atoms with E-state index in [1.165, 1.54) is 4.90 Å². The summed E-state index contributed by atoms with van der Waals surface area (Å²) < 4.78 is 0. The number of urea groups is 1. The lowest BCUT2D eigenvalue weighted by atomic mass is 10.1. The van der Waals surface area contributed by atoms with Gasteiger partial charge in [-0.2, -0.15) is 0 Å². The molecule has 0 bridgehead atoms. The first-order valence-corrected chi connectivity index (χ1v) is 6.82. The van der Waals surface area contributed by atoms with Crippen molar-refractivity contribution in [3.8, 4) is 0 Å². The third-order valence-corrected chi connectivity index (χ3v) is 3.51. The molecule has 0 saturated carbocycles. The second kappa shape index (κ2) is 5.75. The molecule has 0 saturated heterocycles. The van der Waals surface area contributed by atoms with E-state index in [-0.39, 0.29) is 11.9 Å². The van der Waals surface area contributed by atoms with E-state index in [1.807, 2.05) is 30.3 Å². The summed E-state index contributed by atoms with van der Waals surface area (Å²) >= 11 is 0. The molecule has 1 aliphatic heterocycles. The van der Waals surface area contributed by atoms with Crippen LogP contribution in [0.25, 0.3) is 0 Å². The lowest BCUT2D eigenvalue weighted by Crippen LogP contribution is -2.40. The number of pyridine rings is 1. The zero-order valence-electron chi connectivity index (χ0n) is 11.5. The molecule has 5 nitrogen and oxygen atoms in total. The van der Waals surface area contributed by atoms with Gasteiger partial charge in [-0.1, -0.05) is 18.2 Å². The van der Waals surface area contributed by atoms with Crippen LogP contribution >= 0.6 is 0 Å². The van der Waals surface area contributed by atoms with Crippen molar-refractivity contribution >= 4 is 11.9 Å². The number of nitrogens with zero attached hydrogens (tertiary/aromatic N) is 2. The molecule has 1 aromatic heterocycles. The van der Waals surface area contributed by atoms with Crippen molar-refractivity contribution in [1.29, 1.82) is 0 Å². The average Bonchev–Trinajstić information content (AvgIpc) is 2.86. The Morgan fingerprint density at radius 1 is 1.19 bits per heavy atom. The number of nitrogens with one attached hydrogen (secondary N) is 1. The molecule has 1 aromatic carbocycles. The first kappa shape index (κ1) is 13.3. The maximum absolute atomic E-state index is 12.1. The Kier molecular flexibility index (Phi) is 3.64. The van der Waals surface area contributed by atoms with Crippen molar-refractivity contribution < 1.29 is 9.59 Å². The molecule has 1 aliphatic rings. The zero-order chi connectivity index (χ0) is 14.7. The van der Waals surface area contributed by atoms with Crippen LogP contribution in [-0.4, -0.2) is 28.4 Å². The highest BCUT2D eigenvalue weighted by atomic mass is 16.2. The summed E-state index contributed by atoms with van der Waals surface area (Å²) in [6.07, 6.45) is 4.15. The fourth-order valence-corrected chi connectivity index (χ4v) is 2.38. The van der Waals surface area contributed by atoms with Gasteiger partial charge < -0.3 is 5.32 Å². The third kappa shape index (κ3) is 2.76. The fourth-order valence-electron chi connectivity index (χ4n) is 2.38. The number of hydrogen-bond donors (Lipinski definition) is 1. The maximum Gasteiger partial charge on any atom is 0.324 e. The summed E-state index contributed by atoms with van der Waals surface area (Å²) in [6.45, 7) is 0.832. The lowest BCUT2D eigenvalue weighted by Gasteiger charge is -2.14. The van der Waals surface area contributed by atoms with Gasteiger partial charge in [0.05, 0.1) is 6.54 Å². The van der Waals surface area contributed by atoms with Crippen LogP contribution in [0.15, 0.2) is 48.8 Å². The number of amides is 3. The normalized spacial score (nSPS) is 13.1. The molecule has 3 amide bonds. The van der Waals surface area contributed by atoms with E-state index in [0.717, 1.165) is 11.1 Å². The van der Waals surface area contributed by atoms with Gasteiger partial charge in [-0.15, -0.1) is 0 Å². The monoisotopic (exact) mass is 281 g/mol. The van der Waals surface area contributed by atoms with E-state index in [2.05, 4.69) is 10.3 Å². The molecular formula is C16H15N3O2. The Labute approximate surface area is 122 Å². The van der Waals surface area contributed by atoms with Gasteiger partial charge in [0.15, 0.2) is 0 Å². The number of carbonyl (C=O) groups excluding carboxylic acids is 2. The molecule has 0 aliphatic carbocycles. The Balaban J connectivity index is 1.57. The molecule has 0 fully saturated rings. The minimum Gasteiger partial charge on any atom is -0.337 e. The number of imide groups is 1. The van der Waals surface area contributed by atoms with Crippen LogP contribution in [0, 0.1) is 0 Å². The third-order valence-electron chi connectivity index (χ3n) is 3.51. The maximum atomic E-state index is 12.1. The molecular weight excluding hydrogens is 266 g/mol. The van der Waals surface area contributed by atoms with Gasteiger partial charge in [-0.05, 0) is 35.7 Å². The van der Waals surface area contributed by atoms with Crippen molar-refractivity contribution in [3.63, 3.8) is 0 Å². The molecule has 2 heterocycles. The van der Waals surface area contributed by atoms with Crippen molar-refractivity contribution in [2.75, 3.05) is 6.54 Å². The number of hydrogen-bond acceptors (Lipinski definition) is 3. The average molecular weight is 281 g/mol. The fraction of sp³-hybridized carbons (Fsp3) is 0.188. The second-order valence-electron chi connectivity index (χ2n) is 4.89. The number of benzene rings is 1. The number of fused-ring (bicyclic) bond motifs is 1. The number of aromatic nitrogens is 1. The molecule has 0 atom stereocenters. The first-order valence-electron chi connectivity index (χ1n) is 6.82. The van der Waals surface area contributed by atoms with Crippen LogP contribution in [0.5, 0.6) is 0 Å². The molecule has 2 aromatic rings. The standard InChI is InChI=1S/C16H15N3O2/c20-15-14-4-2-1-3-13(14)11-19(15)16(21)18-10-7-12-5-8-17-9-6-12/h1-6,8-9H,7,10-11H2,(H,18,21). The summed E-state index contributed by atoms with van der Waals surface area (Å²) in [5.74, 6) is -0.230. The van der Waals surface area contributed by atoms with E-state index in [1.54, 1.807) is 18.5 Å². The zero-order valence-corrected chi connectivity index (χ0v) is 11.5. The van der Waals surface area contributed by atoms with E-state index >= 15 is 0 Å². The summed E-state index contributed by atoms with van der Waals surface area (Å²) in [5, 5.41) is 2.78. The van der Waals surface area contributed by atoms with Crippen LogP contribution in [0.3, 0.4) is 0 Å². The Morgan fingerprint density at radius 2 is 1.95 bits per heavy atom. The van der Waals surface area contributed by atoms with Gasteiger partial charge >= 0.3 is 6.03 Å². The Bertz CT molecular complexity index is 670. The van der Waals surface area contributed by atoms with Crippen molar-refractivity contribution in [2.45, 2.75) is 13.0 Å². The number of rotatable bonds is 3. The van der Waals surface area contributed by atoms with Crippen LogP contribution in [0.4, 0.5) is 4.79 Å². The topological polar surface area (TPSA) is 62.3 Å². The highest BCUT2D eigenvalue weighted by Crippen LogP contribution is 2.22. The molecule has 0 unspecified atom stereocenters.